The van der Waals surface area contributed by atoms with E-state index in [1.54, 1.807) is 0 Å². The fourth-order valence-electron chi connectivity index (χ4n) is 2.17. The average molecular weight is 212 g/mol. The van der Waals surface area contributed by atoms with E-state index in [1.165, 1.54) is 25.7 Å². The predicted octanol–water partition coefficient (Wildman–Crippen LogP) is 3.40. The molecule has 0 aliphatic heterocycles. The molecular weight excluding hydrogens is 188 g/mol. The second-order valence-corrected chi connectivity index (χ2v) is 5.32. The third-order valence-electron chi connectivity index (χ3n) is 3.50. The van der Waals surface area contributed by atoms with Gasteiger partial charge < -0.3 is 4.74 Å². The van der Waals surface area contributed by atoms with Gasteiger partial charge in [0, 0.05) is 0 Å². The van der Waals surface area contributed by atoms with E-state index in [0.29, 0.717) is 5.92 Å². The van der Waals surface area contributed by atoms with Crippen LogP contribution in [0.15, 0.2) is 0 Å². The third kappa shape index (κ3) is 3.84. The van der Waals surface area contributed by atoms with Crippen LogP contribution in [0.1, 0.15) is 53.4 Å². The topological polar surface area (TPSA) is 26.3 Å². The minimum atomic E-state index is -0.0545. The molecule has 0 aromatic rings. The molecule has 0 N–H and O–H groups in total. The van der Waals surface area contributed by atoms with Crippen molar-refractivity contribution < 1.29 is 9.53 Å². The molecule has 0 amide bonds. The average Bonchev–Trinajstić information content (AvgIpc) is 2.18. The smallest absolute Gasteiger partial charge is 0.308 e. The molecule has 1 fully saturated rings. The minimum Gasteiger partial charge on any atom is -0.462 e. The molecule has 1 atom stereocenters. The molecule has 1 aliphatic rings. The first-order chi connectivity index (χ1) is 7.00. The van der Waals surface area contributed by atoms with Crippen LogP contribution in [0.25, 0.3) is 0 Å². The van der Waals surface area contributed by atoms with Crippen molar-refractivity contribution >= 4 is 5.97 Å². The SMILES string of the molecule is CC1CCC(C(C)OC(=O)C(C)C)CC1. The first kappa shape index (κ1) is 12.5. The van der Waals surface area contributed by atoms with Gasteiger partial charge in [-0.15, -0.1) is 0 Å². The molecule has 2 nitrogen and oxygen atoms in total. The second-order valence-electron chi connectivity index (χ2n) is 5.32. The molecule has 88 valence electrons. The monoisotopic (exact) mass is 212 g/mol. The Bertz CT molecular complexity index is 203. The molecule has 0 aromatic heterocycles. The molecule has 1 aliphatic carbocycles. The molecule has 0 heterocycles. The summed E-state index contributed by atoms with van der Waals surface area (Å²) >= 11 is 0. The number of carbonyl (C=O) groups excluding carboxylic acids is 1. The maximum absolute atomic E-state index is 11.4. The van der Waals surface area contributed by atoms with Gasteiger partial charge in [0.15, 0.2) is 0 Å². The number of hydrogen-bond donors (Lipinski definition) is 0. The van der Waals surface area contributed by atoms with Crippen LogP contribution in [0, 0.1) is 17.8 Å². The van der Waals surface area contributed by atoms with E-state index in [-0.39, 0.29) is 18.0 Å². The summed E-state index contributed by atoms with van der Waals surface area (Å²) in [7, 11) is 0. The first-order valence-corrected chi connectivity index (χ1v) is 6.21. The van der Waals surface area contributed by atoms with E-state index in [2.05, 4.69) is 6.92 Å². The lowest BCUT2D eigenvalue weighted by atomic mass is 9.80. The van der Waals surface area contributed by atoms with Crippen LogP contribution in [-0.4, -0.2) is 12.1 Å². The molecule has 1 unspecified atom stereocenters. The molecule has 1 saturated carbocycles. The largest absolute Gasteiger partial charge is 0.462 e. The van der Waals surface area contributed by atoms with Gasteiger partial charge in [-0.2, -0.15) is 0 Å². The molecule has 0 spiro atoms. The van der Waals surface area contributed by atoms with Gasteiger partial charge in [-0.25, -0.2) is 0 Å². The van der Waals surface area contributed by atoms with Gasteiger partial charge in [-0.05, 0) is 31.6 Å². The quantitative estimate of drug-likeness (QED) is 0.670. The van der Waals surface area contributed by atoms with Crippen molar-refractivity contribution in [2.75, 3.05) is 0 Å². The first-order valence-electron chi connectivity index (χ1n) is 6.21. The second kappa shape index (κ2) is 5.53. The van der Waals surface area contributed by atoms with E-state index in [0.717, 1.165) is 5.92 Å². The Morgan fingerprint density at radius 2 is 1.67 bits per heavy atom. The predicted molar refractivity (Wildman–Crippen MR) is 61.5 cm³/mol. The Morgan fingerprint density at radius 1 is 1.13 bits per heavy atom. The highest BCUT2D eigenvalue weighted by molar-refractivity contribution is 5.71. The number of hydrogen-bond acceptors (Lipinski definition) is 2. The van der Waals surface area contributed by atoms with Gasteiger partial charge in [0.25, 0.3) is 0 Å². The Kier molecular flexibility index (Phi) is 4.62. The van der Waals surface area contributed by atoms with Crippen LogP contribution in [-0.2, 0) is 9.53 Å². The molecule has 0 radical (unpaired) electrons. The van der Waals surface area contributed by atoms with Crippen LogP contribution in [0.2, 0.25) is 0 Å². The van der Waals surface area contributed by atoms with Gasteiger partial charge in [-0.1, -0.05) is 33.6 Å². The normalized spacial score (nSPS) is 28.9. The van der Waals surface area contributed by atoms with Crippen LogP contribution in [0.4, 0.5) is 0 Å². The Morgan fingerprint density at radius 3 is 2.13 bits per heavy atom. The minimum absolute atomic E-state index is 0.00466. The van der Waals surface area contributed by atoms with Gasteiger partial charge >= 0.3 is 5.97 Å². The molecule has 1 rings (SSSR count). The van der Waals surface area contributed by atoms with Crippen LogP contribution >= 0.6 is 0 Å². The summed E-state index contributed by atoms with van der Waals surface area (Å²) in [5.74, 6) is 1.38. The summed E-state index contributed by atoms with van der Waals surface area (Å²) in [6.07, 6.45) is 5.11. The number of esters is 1. The summed E-state index contributed by atoms with van der Waals surface area (Å²) in [6.45, 7) is 8.12. The summed E-state index contributed by atoms with van der Waals surface area (Å²) in [6, 6.07) is 0. The fraction of sp³-hybridized carbons (Fsp3) is 0.923. The van der Waals surface area contributed by atoms with Crippen LogP contribution in [0.3, 0.4) is 0 Å². The highest BCUT2D eigenvalue weighted by Gasteiger charge is 2.26. The lowest BCUT2D eigenvalue weighted by molar-refractivity contribution is -0.155. The molecular formula is C13H24O2. The Balaban J connectivity index is 2.34. The molecule has 0 saturated heterocycles. The van der Waals surface area contributed by atoms with Gasteiger partial charge in [0.05, 0.1) is 5.92 Å². The fourth-order valence-corrected chi connectivity index (χ4v) is 2.17. The van der Waals surface area contributed by atoms with Crippen molar-refractivity contribution in [3.8, 4) is 0 Å². The Hall–Kier alpha value is -0.530. The van der Waals surface area contributed by atoms with Gasteiger partial charge in [0.1, 0.15) is 6.10 Å². The number of rotatable bonds is 3. The van der Waals surface area contributed by atoms with Gasteiger partial charge in [0.2, 0.25) is 0 Å². The summed E-state index contributed by atoms with van der Waals surface area (Å²) in [5, 5.41) is 0. The zero-order valence-electron chi connectivity index (χ0n) is 10.5. The van der Waals surface area contributed by atoms with E-state index < -0.39 is 0 Å². The van der Waals surface area contributed by atoms with E-state index in [9.17, 15) is 4.79 Å². The van der Waals surface area contributed by atoms with Gasteiger partial charge in [-0.3, -0.25) is 4.79 Å². The van der Waals surface area contributed by atoms with E-state index in [4.69, 9.17) is 4.74 Å². The van der Waals surface area contributed by atoms with Crippen molar-refractivity contribution in [3.63, 3.8) is 0 Å². The van der Waals surface area contributed by atoms with Crippen LogP contribution in [0.5, 0.6) is 0 Å². The maximum Gasteiger partial charge on any atom is 0.308 e. The van der Waals surface area contributed by atoms with Crippen molar-refractivity contribution in [1.82, 2.24) is 0 Å². The molecule has 15 heavy (non-hydrogen) atoms. The standard InChI is InChI=1S/C13H24O2/c1-9(2)13(14)15-11(4)12-7-5-10(3)6-8-12/h9-12H,5-8H2,1-4H3. The van der Waals surface area contributed by atoms with Crippen molar-refractivity contribution in [3.05, 3.63) is 0 Å². The van der Waals surface area contributed by atoms with Crippen molar-refractivity contribution in [2.24, 2.45) is 17.8 Å². The van der Waals surface area contributed by atoms with Crippen LogP contribution < -0.4 is 0 Å². The maximum atomic E-state index is 11.4. The third-order valence-corrected chi connectivity index (χ3v) is 3.50. The lowest BCUT2D eigenvalue weighted by Gasteiger charge is -2.30. The lowest BCUT2D eigenvalue weighted by Crippen LogP contribution is -2.29. The van der Waals surface area contributed by atoms with E-state index in [1.807, 2.05) is 20.8 Å². The highest BCUT2D eigenvalue weighted by Crippen LogP contribution is 2.31. The molecule has 0 aromatic carbocycles. The summed E-state index contributed by atoms with van der Waals surface area (Å²) < 4.78 is 5.45. The number of carbonyl (C=O) groups is 1. The molecule has 0 bridgehead atoms. The van der Waals surface area contributed by atoms with Crippen molar-refractivity contribution in [1.29, 1.82) is 0 Å². The van der Waals surface area contributed by atoms with E-state index >= 15 is 0 Å². The number of ether oxygens (including phenoxy) is 1. The summed E-state index contributed by atoms with van der Waals surface area (Å²) in [4.78, 5) is 11.4. The zero-order valence-corrected chi connectivity index (χ0v) is 10.5. The zero-order chi connectivity index (χ0) is 11.4. The summed E-state index contributed by atoms with van der Waals surface area (Å²) in [5.41, 5.74) is 0. The highest BCUT2D eigenvalue weighted by atomic mass is 16.5. The van der Waals surface area contributed by atoms with Crippen molar-refractivity contribution in [2.45, 2.75) is 59.5 Å². The Labute approximate surface area is 93.4 Å². The molecule has 2 heteroatoms.